The Morgan fingerprint density at radius 2 is 0.808 bits per heavy atom. The van der Waals surface area contributed by atoms with E-state index in [-0.39, 0.29) is 46.1 Å². The number of hydrogen-bond donors (Lipinski definition) is 7. The Hall–Kier alpha value is -10.9. The number of ketones is 1. The van der Waals surface area contributed by atoms with Crippen molar-refractivity contribution in [1.82, 2.24) is 39.7 Å². The molecule has 104 heavy (non-hydrogen) atoms. The second kappa shape index (κ2) is 34.4. The van der Waals surface area contributed by atoms with E-state index in [0.29, 0.717) is 104 Å². The first-order valence-corrected chi connectivity index (χ1v) is 35.1. The molecular weight excluding hydrogens is 1390 g/mol. The number of hydrogen-bond acceptors (Lipinski definition) is 20. The van der Waals surface area contributed by atoms with Crippen molar-refractivity contribution in [3.63, 3.8) is 0 Å². The summed E-state index contributed by atoms with van der Waals surface area (Å²) in [7, 11) is 0. The van der Waals surface area contributed by atoms with Crippen LogP contribution in [0.25, 0.3) is 54.6 Å². The Kier molecular flexibility index (Phi) is 24.6. The quantitative estimate of drug-likeness (QED) is 0.0253. The van der Waals surface area contributed by atoms with Gasteiger partial charge < -0.3 is 50.8 Å². The maximum Gasteiger partial charge on any atom is 0.278 e. The number of halogens is 1. The lowest BCUT2D eigenvalue weighted by Gasteiger charge is -2.26. The van der Waals surface area contributed by atoms with E-state index < -0.39 is 4.92 Å². The molecule has 0 amide bonds. The predicted molar refractivity (Wildman–Crippen MR) is 410 cm³/mol. The van der Waals surface area contributed by atoms with Gasteiger partial charge in [0.05, 0.1) is 60.3 Å². The second-order valence-electron chi connectivity index (χ2n) is 26.0. The zero-order valence-electron chi connectivity index (χ0n) is 58.9. The van der Waals surface area contributed by atoms with E-state index in [1.165, 1.54) is 23.4 Å². The fourth-order valence-corrected chi connectivity index (χ4v) is 13.4. The minimum Gasteiger partial charge on any atom is -0.398 e. The molecule has 3 aliphatic heterocycles. The predicted octanol–water partition coefficient (Wildman–Crippen LogP) is 13.0. The molecule has 11 aromatic rings. The SMILES string of the molecule is Cc1cc(C)c(CNc2nccc3c(N)cc(-c4ccc(CN5CCOCC5)cc4)cc23)c(=O)[nH]1.Cc1cc(C)c(CNc2nccc3c([N+](=O)[O-])cc(-c4ccc(CN5CCOCC5)cc4)cc23)c(=O)[nH]1.Cc1cc(C)c(CNc2nccc3c([N+](=O)[O-])cc(Br)cc23)c(=O)[nH]1.O=C1CCOCC1. The number of nitro benzene ring substituents is 2. The molecule has 3 fully saturated rings. The third-order valence-electron chi connectivity index (χ3n) is 18.4. The van der Waals surface area contributed by atoms with E-state index in [0.717, 1.165) is 132 Å². The molecule has 6 aromatic heterocycles. The summed E-state index contributed by atoms with van der Waals surface area (Å²) in [5.41, 5.74) is 20.1. The number of H-pyrrole nitrogens is 3. The van der Waals surface area contributed by atoms with Gasteiger partial charge in [-0.3, -0.25) is 49.2 Å². The number of nitrogen functional groups attached to an aromatic ring is 1. The summed E-state index contributed by atoms with van der Waals surface area (Å²) in [6.07, 6.45) is 6.05. The molecular formula is C78H83BrN14O11. The van der Waals surface area contributed by atoms with Crippen molar-refractivity contribution >= 4 is 88.5 Å². The summed E-state index contributed by atoms with van der Waals surface area (Å²) in [6, 6.07) is 38.6. The number of anilines is 4. The van der Waals surface area contributed by atoms with Crippen molar-refractivity contribution in [3.8, 4) is 22.3 Å². The number of morpholine rings is 2. The van der Waals surface area contributed by atoms with Crippen LogP contribution in [0.2, 0.25) is 0 Å². The number of nitrogens with two attached hydrogens (primary N) is 1. The van der Waals surface area contributed by atoms with Gasteiger partial charge in [0.25, 0.3) is 28.1 Å². The number of nitrogens with zero attached hydrogens (tertiary/aromatic N) is 7. The van der Waals surface area contributed by atoms with Gasteiger partial charge in [0.15, 0.2) is 0 Å². The Bertz CT molecular complexity index is 5140. The van der Waals surface area contributed by atoms with Crippen LogP contribution in [0.5, 0.6) is 0 Å². The first-order chi connectivity index (χ1) is 50.1. The number of nitrogens with one attached hydrogen (secondary N) is 6. The zero-order chi connectivity index (χ0) is 73.6. The monoisotopic (exact) mass is 1470 g/mol. The lowest BCUT2D eigenvalue weighted by Crippen LogP contribution is -2.35. The van der Waals surface area contributed by atoms with Crippen LogP contribution in [-0.2, 0) is 51.7 Å². The molecule has 0 radical (unpaired) electrons. The highest BCUT2D eigenvalue weighted by Gasteiger charge is 2.22. The molecule has 0 atom stereocenters. The third kappa shape index (κ3) is 18.9. The minimum atomic E-state index is -0.425. The van der Waals surface area contributed by atoms with Crippen LogP contribution in [0.4, 0.5) is 34.5 Å². The largest absolute Gasteiger partial charge is 0.398 e. The van der Waals surface area contributed by atoms with Crippen LogP contribution in [0.3, 0.4) is 0 Å². The molecule has 0 spiro atoms. The first kappa shape index (κ1) is 74.3. The normalized spacial score (nSPS) is 14.0. The number of non-ortho nitro benzene ring substituents is 2. The number of aromatic amines is 3. The summed E-state index contributed by atoms with van der Waals surface area (Å²) in [5, 5.41) is 37.1. The van der Waals surface area contributed by atoms with Gasteiger partial charge >= 0.3 is 0 Å². The molecule has 538 valence electrons. The highest BCUT2D eigenvalue weighted by atomic mass is 79.9. The van der Waals surface area contributed by atoms with Crippen molar-refractivity contribution in [2.75, 3.05) is 87.5 Å². The number of rotatable bonds is 17. The van der Waals surface area contributed by atoms with Crippen LogP contribution < -0.4 is 38.4 Å². The lowest BCUT2D eigenvalue weighted by molar-refractivity contribution is -0.383. The number of carbonyl (C=O) groups is 1. The fraction of sp³-hybridized carbons (Fsp3) is 0.295. The molecule has 0 aliphatic carbocycles. The molecule has 0 saturated carbocycles. The Labute approximate surface area is 608 Å². The van der Waals surface area contributed by atoms with E-state index in [4.69, 9.17) is 19.9 Å². The number of aryl methyl sites for hydroxylation is 6. The molecule has 0 unspecified atom stereocenters. The maximum absolute atomic E-state index is 12.5. The summed E-state index contributed by atoms with van der Waals surface area (Å²) < 4.78 is 16.4. The topological polar surface area (TPSA) is 337 Å². The van der Waals surface area contributed by atoms with Crippen molar-refractivity contribution in [2.24, 2.45) is 0 Å². The molecule has 8 N–H and O–H groups in total. The highest BCUT2D eigenvalue weighted by molar-refractivity contribution is 9.10. The second-order valence-corrected chi connectivity index (χ2v) is 26.9. The number of Topliss-reactive ketones (excluding diaryl/α,β-unsaturated/α-hetero) is 1. The Balaban J connectivity index is 0.000000151. The number of fused-ring (bicyclic) bond motifs is 3. The van der Waals surface area contributed by atoms with Gasteiger partial charge in [0.2, 0.25) is 0 Å². The van der Waals surface area contributed by atoms with Gasteiger partial charge in [-0.1, -0.05) is 64.5 Å². The molecule has 0 bridgehead atoms. The maximum atomic E-state index is 12.5. The summed E-state index contributed by atoms with van der Waals surface area (Å²) >= 11 is 3.30. The molecule has 14 rings (SSSR count). The van der Waals surface area contributed by atoms with Crippen molar-refractivity contribution in [1.29, 1.82) is 0 Å². The lowest BCUT2D eigenvalue weighted by atomic mass is 9.99. The highest BCUT2D eigenvalue weighted by Crippen LogP contribution is 2.38. The summed E-state index contributed by atoms with van der Waals surface area (Å²) in [5.74, 6) is 2.03. The van der Waals surface area contributed by atoms with Gasteiger partial charge in [0.1, 0.15) is 23.2 Å². The van der Waals surface area contributed by atoms with Crippen LogP contribution in [0.15, 0.2) is 159 Å². The Morgan fingerprint density at radius 3 is 1.18 bits per heavy atom. The van der Waals surface area contributed by atoms with Crippen molar-refractivity contribution in [3.05, 3.63) is 257 Å². The van der Waals surface area contributed by atoms with Gasteiger partial charge in [-0.15, -0.1) is 0 Å². The number of aromatic nitrogens is 6. The molecule has 25 nitrogen and oxygen atoms in total. The Morgan fingerprint density at radius 1 is 0.452 bits per heavy atom. The average Bonchev–Trinajstić information content (AvgIpc) is 0.784. The number of benzene rings is 5. The van der Waals surface area contributed by atoms with Gasteiger partial charge in [-0.25, -0.2) is 15.0 Å². The van der Waals surface area contributed by atoms with E-state index >= 15 is 0 Å². The number of ether oxygens (including phenoxy) is 3. The average molecular weight is 1470 g/mol. The third-order valence-corrected chi connectivity index (χ3v) is 18.9. The summed E-state index contributed by atoms with van der Waals surface area (Å²) in [6.45, 7) is 22.1. The van der Waals surface area contributed by atoms with Crippen LogP contribution >= 0.6 is 15.9 Å². The minimum absolute atomic E-state index is 0.000751. The first-order valence-electron chi connectivity index (χ1n) is 34.3. The number of nitro groups is 2. The van der Waals surface area contributed by atoms with Crippen molar-refractivity contribution < 1.29 is 28.9 Å². The van der Waals surface area contributed by atoms with Crippen LogP contribution in [0, 0.1) is 61.8 Å². The van der Waals surface area contributed by atoms with Crippen molar-refractivity contribution in [2.45, 2.75) is 87.1 Å². The number of pyridine rings is 6. The van der Waals surface area contributed by atoms with Crippen LogP contribution in [-0.4, -0.2) is 121 Å². The fourth-order valence-electron chi connectivity index (χ4n) is 12.9. The van der Waals surface area contributed by atoms with E-state index in [2.05, 4.69) is 114 Å². The standard InChI is InChI=1S/C28H29N5O4.C28H31N5O2.C17H15BrN4O3.C5H8O2/c1-18-13-19(2)31-28(34)25(18)16-30-27-24-14-22(15-26(33(35)36)23(24)7-8-29-27)21-5-3-20(4-6-21)17-32-9-11-37-12-10-32;1-18-13-19(2)32-28(34)25(18)16-31-27-24-14-22(15-26(29)23(24)7-8-30-27)21-5-3-20(4-6-21)17-33-9-11-35-12-10-33;1-9-5-10(2)21-17(23)14(9)8-20-16-13-6-11(18)7-15(22(24)25)12(13)3-4-19-16;6-5-1-3-7-4-2-5/h3-8,13-15H,9-12,16-17H2,1-2H3,(H,29,30)(H,31,34);3-8,13-15H,9-12,16-17,29H2,1-2H3,(H,30,31)(H,32,34);3-7H,8H2,1-2H3,(H,19,20)(H,21,23);1-4H2. The van der Waals surface area contributed by atoms with E-state index in [1.807, 2.05) is 90.1 Å². The van der Waals surface area contributed by atoms with Gasteiger partial charge in [0, 0.05) is 168 Å². The van der Waals surface area contributed by atoms with E-state index in [9.17, 15) is 39.4 Å². The molecule has 5 aromatic carbocycles. The van der Waals surface area contributed by atoms with Gasteiger partial charge in [-0.2, -0.15) is 0 Å². The van der Waals surface area contributed by atoms with Crippen LogP contribution in [0.1, 0.15) is 74.4 Å². The molecule has 9 heterocycles. The molecule has 3 saturated heterocycles. The van der Waals surface area contributed by atoms with E-state index in [1.54, 1.807) is 36.7 Å². The molecule has 3 aliphatic rings. The van der Waals surface area contributed by atoms with Gasteiger partial charge in [-0.05, 0) is 152 Å². The smallest absolute Gasteiger partial charge is 0.278 e. The number of carbonyl (C=O) groups excluding carboxylic acids is 1. The summed E-state index contributed by atoms with van der Waals surface area (Å²) in [4.78, 5) is 96.4. The molecule has 26 heteroatoms. The zero-order valence-corrected chi connectivity index (χ0v) is 60.5.